The minimum atomic E-state index is -5.01. The van der Waals surface area contributed by atoms with Gasteiger partial charge in [-0.3, -0.25) is 14.4 Å². The summed E-state index contributed by atoms with van der Waals surface area (Å²) < 4.78 is 47.2. The quantitative estimate of drug-likeness (QED) is 0.360. The van der Waals surface area contributed by atoms with Gasteiger partial charge in [0.1, 0.15) is 5.15 Å². The van der Waals surface area contributed by atoms with Crippen molar-refractivity contribution in [3.63, 3.8) is 0 Å². The van der Waals surface area contributed by atoms with E-state index >= 15 is 0 Å². The average Bonchev–Trinajstić information content (AvgIpc) is 2.45. The largest absolute Gasteiger partial charge is 0.468 e. The Hall–Kier alpha value is -2.16. The second-order valence-electron chi connectivity index (χ2n) is 3.87. The van der Waals surface area contributed by atoms with E-state index in [0.717, 1.165) is 26.4 Å². The van der Waals surface area contributed by atoms with Crippen LogP contribution in [0, 0.1) is 5.92 Å². The highest BCUT2D eigenvalue weighted by Gasteiger charge is 2.43. The lowest BCUT2D eigenvalue weighted by Gasteiger charge is -2.15. The number of rotatable bonds is 4. The Morgan fingerprint density at radius 3 is 2.05 bits per heavy atom. The molecule has 1 aromatic heterocycles. The lowest BCUT2D eigenvalue weighted by atomic mass is 9.96. The van der Waals surface area contributed by atoms with Crippen molar-refractivity contribution in [1.29, 1.82) is 0 Å². The monoisotopic (exact) mass is 339 g/mol. The Morgan fingerprint density at radius 2 is 1.64 bits per heavy atom. The molecule has 0 aliphatic heterocycles. The number of esters is 2. The van der Waals surface area contributed by atoms with Crippen molar-refractivity contribution in [2.45, 2.75) is 6.18 Å². The van der Waals surface area contributed by atoms with Crippen LogP contribution >= 0.6 is 11.6 Å². The summed E-state index contributed by atoms with van der Waals surface area (Å²) in [5.74, 6) is -6.32. The molecule has 1 aromatic rings. The molecule has 0 N–H and O–H groups in total. The summed E-state index contributed by atoms with van der Waals surface area (Å²) in [5, 5.41) is -0.503. The number of hydrogen-bond acceptors (Lipinski definition) is 6. The summed E-state index contributed by atoms with van der Waals surface area (Å²) in [6.45, 7) is 0. The number of hydrogen-bond donors (Lipinski definition) is 0. The fourth-order valence-electron chi connectivity index (χ4n) is 1.55. The molecule has 1 heterocycles. The van der Waals surface area contributed by atoms with Crippen molar-refractivity contribution in [3.05, 3.63) is 28.5 Å². The Morgan fingerprint density at radius 1 is 1.14 bits per heavy atom. The van der Waals surface area contributed by atoms with Gasteiger partial charge in [-0.2, -0.15) is 13.2 Å². The van der Waals surface area contributed by atoms with Crippen LogP contribution in [0.15, 0.2) is 12.1 Å². The summed E-state index contributed by atoms with van der Waals surface area (Å²) in [4.78, 5) is 38.1. The Bertz CT molecular complexity index is 601. The number of methoxy groups -OCH3 is 2. The van der Waals surface area contributed by atoms with Crippen molar-refractivity contribution < 1.29 is 37.0 Å². The number of halogens is 4. The molecule has 0 atom stereocenters. The smallest absolute Gasteiger partial charge is 0.434 e. The van der Waals surface area contributed by atoms with E-state index < -0.39 is 46.2 Å². The second-order valence-corrected chi connectivity index (χ2v) is 4.26. The van der Waals surface area contributed by atoms with E-state index in [9.17, 15) is 27.6 Å². The zero-order chi connectivity index (χ0) is 17.1. The van der Waals surface area contributed by atoms with E-state index in [2.05, 4.69) is 14.5 Å². The van der Waals surface area contributed by atoms with Crippen molar-refractivity contribution in [3.8, 4) is 0 Å². The molecular formula is C12H9ClF3NO5. The normalized spacial score (nSPS) is 11.2. The molecule has 10 heteroatoms. The molecule has 0 spiro atoms. The number of ether oxygens (including phenoxy) is 2. The fraction of sp³-hybridized carbons (Fsp3) is 0.333. The second kappa shape index (κ2) is 6.73. The minimum absolute atomic E-state index is 0.503. The molecule has 0 bridgehead atoms. The predicted molar refractivity (Wildman–Crippen MR) is 66.1 cm³/mol. The molecule has 0 amide bonds. The first-order valence-electron chi connectivity index (χ1n) is 5.57. The van der Waals surface area contributed by atoms with Crippen LogP contribution in [0.2, 0.25) is 5.15 Å². The fourth-order valence-corrected chi connectivity index (χ4v) is 1.70. The van der Waals surface area contributed by atoms with Crippen LogP contribution < -0.4 is 0 Å². The molecule has 0 saturated carbocycles. The standard InChI is InChI=1S/C12H9ClF3NO5/c1-21-10(19)7(11(20)22-2)8(18)5-3-4-6(13)17-9(5)12(14,15)16/h3-4,7H,1-2H3. The molecule has 0 fully saturated rings. The highest BCUT2D eigenvalue weighted by Crippen LogP contribution is 2.32. The average molecular weight is 340 g/mol. The van der Waals surface area contributed by atoms with Crippen LogP contribution in [0.25, 0.3) is 0 Å². The number of Topliss-reactive ketones (excluding diaryl/α,β-unsaturated/α-hetero) is 1. The summed E-state index contributed by atoms with van der Waals surface area (Å²) in [6, 6.07) is 1.65. The van der Waals surface area contributed by atoms with E-state index in [1.165, 1.54) is 0 Å². The molecule has 0 unspecified atom stereocenters. The molecule has 1 rings (SSSR count). The maximum atomic E-state index is 12.9. The molecule has 0 aliphatic carbocycles. The molecular weight excluding hydrogens is 331 g/mol. The Balaban J connectivity index is 3.43. The first-order valence-corrected chi connectivity index (χ1v) is 5.94. The number of ketones is 1. The third-order valence-corrected chi connectivity index (χ3v) is 2.74. The van der Waals surface area contributed by atoms with Crippen LogP contribution in [0.1, 0.15) is 16.1 Å². The topological polar surface area (TPSA) is 82.6 Å². The molecule has 0 radical (unpaired) electrons. The third kappa shape index (κ3) is 3.73. The summed E-state index contributed by atoms with van der Waals surface area (Å²) in [7, 11) is 1.74. The van der Waals surface area contributed by atoms with Crippen molar-refractivity contribution in [1.82, 2.24) is 4.98 Å². The number of alkyl halides is 3. The van der Waals surface area contributed by atoms with Gasteiger partial charge in [-0.05, 0) is 12.1 Å². The van der Waals surface area contributed by atoms with E-state index in [1.807, 2.05) is 0 Å². The maximum Gasteiger partial charge on any atom is 0.434 e. The number of carbonyl (C=O) groups excluding carboxylic acids is 3. The number of nitrogens with zero attached hydrogens (tertiary/aromatic N) is 1. The zero-order valence-electron chi connectivity index (χ0n) is 11.2. The highest BCUT2D eigenvalue weighted by molar-refractivity contribution is 6.29. The molecule has 22 heavy (non-hydrogen) atoms. The molecule has 6 nitrogen and oxygen atoms in total. The van der Waals surface area contributed by atoms with Gasteiger partial charge in [0, 0.05) is 0 Å². The van der Waals surface area contributed by atoms with Crippen LogP contribution in [0.3, 0.4) is 0 Å². The molecule has 120 valence electrons. The third-order valence-electron chi connectivity index (χ3n) is 2.53. The van der Waals surface area contributed by atoms with Gasteiger partial charge in [0.05, 0.1) is 19.8 Å². The number of carbonyl (C=O) groups is 3. The van der Waals surface area contributed by atoms with Gasteiger partial charge in [-0.1, -0.05) is 11.6 Å². The van der Waals surface area contributed by atoms with Gasteiger partial charge in [0.15, 0.2) is 11.5 Å². The SMILES string of the molecule is COC(=O)C(C(=O)OC)C(=O)c1ccc(Cl)nc1C(F)(F)F. The minimum Gasteiger partial charge on any atom is -0.468 e. The van der Waals surface area contributed by atoms with Crippen molar-refractivity contribution in [2.24, 2.45) is 5.92 Å². The number of aromatic nitrogens is 1. The van der Waals surface area contributed by atoms with Crippen molar-refractivity contribution in [2.75, 3.05) is 14.2 Å². The van der Waals surface area contributed by atoms with Gasteiger partial charge < -0.3 is 9.47 Å². The van der Waals surface area contributed by atoms with Gasteiger partial charge in [-0.15, -0.1) is 0 Å². The van der Waals surface area contributed by atoms with E-state index in [0.29, 0.717) is 0 Å². The highest BCUT2D eigenvalue weighted by atomic mass is 35.5. The van der Waals surface area contributed by atoms with E-state index in [4.69, 9.17) is 11.6 Å². The predicted octanol–water partition coefficient (Wildman–Crippen LogP) is 1.90. The lowest BCUT2D eigenvalue weighted by Crippen LogP contribution is -2.35. The van der Waals surface area contributed by atoms with Crippen LogP contribution in [0.5, 0.6) is 0 Å². The van der Waals surface area contributed by atoms with Crippen LogP contribution in [-0.4, -0.2) is 36.9 Å². The summed E-state index contributed by atoms with van der Waals surface area (Å²) in [5.41, 5.74) is -2.60. The van der Waals surface area contributed by atoms with Gasteiger partial charge >= 0.3 is 18.1 Å². The Kier molecular flexibility index (Phi) is 5.48. The van der Waals surface area contributed by atoms with E-state index in [-0.39, 0.29) is 0 Å². The molecule has 0 saturated heterocycles. The number of pyridine rings is 1. The molecule has 0 aliphatic rings. The van der Waals surface area contributed by atoms with E-state index in [1.54, 1.807) is 0 Å². The molecule has 0 aromatic carbocycles. The Labute approximate surface area is 127 Å². The van der Waals surface area contributed by atoms with Crippen LogP contribution in [-0.2, 0) is 25.2 Å². The summed E-state index contributed by atoms with van der Waals surface area (Å²) in [6.07, 6.45) is -5.01. The van der Waals surface area contributed by atoms with Crippen molar-refractivity contribution >= 4 is 29.3 Å². The summed E-state index contributed by atoms with van der Waals surface area (Å²) >= 11 is 5.38. The van der Waals surface area contributed by atoms with Gasteiger partial charge in [-0.25, -0.2) is 4.98 Å². The maximum absolute atomic E-state index is 12.9. The zero-order valence-corrected chi connectivity index (χ0v) is 12.0. The first-order chi connectivity index (χ1) is 10.1. The first kappa shape index (κ1) is 17.9. The van der Waals surface area contributed by atoms with Gasteiger partial charge in [0.2, 0.25) is 5.92 Å². The van der Waals surface area contributed by atoms with Crippen LogP contribution in [0.4, 0.5) is 13.2 Å². The lowest BCUT2D eigenvalue weighted by molar-refractivity contribution is -0.156. The van der Waals surface area contributed by atoms with Gasteiger partial charge in [0.25, 0.3) is 0 Å².